The first kappa shape index (κ1) is 9.90. The van der Waals surface area contributed by atoms with E-state index in [0.29, 0.717) is 5.92 Å². The van der Waals surface area contributed by atoms with Crippen LogP contribution in [0.4, 0.5) is 0 Å². The van der Waals surface area contributed by atoms with Crippen LogP contribution in [0.1, 0.15) is 29.0 Å². The lowest BCUT2D eigenvalue weighted by molar-refractivity contribution is 0.823. The number of benzene rings is 2. The van der Waals surface area contributed by atoms with E-state index in [9.17, 15) is 0 Å². The first-order valence-corrected chi connectivity index (χ1v) is 6.50. The Kier molecular flexibility index (Phi) is 2.04. The molecule has 2 aromatic carbocycles. The Labute approximate surface area is 107 Å². The first-order valence-electron chi connectivity index (χ1n) is 6.50. The summed E-state index contributed by atoms with van der Waals surface area (Å²) in [6.07, 6.45) is 5.89. The summed E-state index contributed by atoms with van der Waals surface area (Å²) in [4.78, 5) is 0. The molecule has 0 aromatic heterocycles. The van der Waals surface area contributed by atoms with Crippen LogP contribution in [-0.2, 0) is 0 Å². The lowest BCUT2D eigenvalue weighted by atomic mass is 9.68. The van der Waals surface area contributed by atoms with Crippen molar-refractivity contribution in [1.82, 2.24) is 0 Å². The van der Waals surface area contributed by atoms with Crippen LogP contribution in [0.2, 0.25) is 0 Å². The van der Waals surface area contributed by atoms with Gasteiger partial charge in [0.15, 0.2) is 0 Å². The standard InChI is InChI=1S/C18H14/c1-2-6-13(7-3-1)14-10-11-17-15-8-4-5-9-16(15)18(17)12-14/h1-10,12,17H,11H2. The van der Waals surface area contributed by atoms with E-state index in [-0.39, 0.29) is 0 Å². The first-order chi connectivity index (χ1) is 8.93. The van der Waals surface area contributed by atoms with Gasteiger partial charge in [-0.3, -0.25) is 0 Å². The van der Waals surface area contributed by atoms with E-state index in [1.165, 1.54) is 27.8 Å². The van der Waals surface area contributed by atoms with Gasteiger partial charge in [-0.1, -0.05) is 66.7 Å². The summed E-state index contributed by atoms with van der Waals surface area (Å²) >= 11 is 0. The van der Waals surface area contributed by atoms with Gasteiger partial charge in [-0.05, 0) is 34.3 Å². The zero-order chi connectivity index (χ0) is 11.9. The van der Waals surface area contributed by atoms with Crippen molar-refractivity contribution in [2.24, 2.45) is 0 Å². The predicted octanol–water partition coefficient (Wildman–Crippen LogP) is 4.65. The van der Waals surface area contributed by atoms with E-state index < -0.39 is 0 Å². The fraction of sp³-hybridized carbons (Fsp3) is 0.111. The summed E-state index contributed by atoms with van der Waals surface area (Å²) < 4.78 is 0. The molecule has 0 nitrogen and oxygen atoms in total. The van der Waals surface area contributed by atoms with E-state index in [2.05, 4.69) is 66.7 Å². The van der Waals surface area contributed by atoms with Gasteiger partial charge in [-0.15, -0.1) is 0 Å². The minimum atomic E-state index is 0.647. The van der Waals surface area contributed by atoms with Crippen LogP contribution in [0.25, 0.3) is 11.1 Å². The smallest absolute Gasteiger partial charge is 0.0136 e. The van der Waals surface area contributed by atoms with Gasteiger partial charge in [0.05, 0.1) is 0 Å². The third-order valence-electron chi connectivity index (χ3n) is 4.01. The second kappa shape index (κ2) is 3.71. The molecule has 0 heteroatoms. The lowest BCUT2D eigenvalue weighted by Gasteiger charge is -2.36. The summed E-state index contributed by atoms with van der Waals surface area (Å²) in [6.45, 7) is 0. The molecule has 18 heavy (non-hydrogen) atoms. The molecule has 2 aliphatic rings. The molecule has 0 saturated carbocycles. The van der Waals surface area contributed by atoms with Crippen molar-refractivity contribution >= 4 is 11.1 Å². The quantitative estimate of drug-likeness (QED) is 0.668. The molecule has 1 unspecified atom stereocenters. The van der Waals surface area contributed by atoms with Crippen molar-refractivity contribution in [3.63, 3.8) is 0 Å². The highest BCUT2D eigenvalue weighted by Gasteiger charge is 2.32. The van der Waals surface area contributed by atoms with Crippen LogP contribution in [0.5, 0.6) is 0 Å². The molecule has 2 aromatic rings. The van der Waals surface area contributed by atoms with Gasteiger partial charge >= 0.3 is 0 Å². The van der Waals surface area contributed by atoms with Gasteiger partial charge in [0.1, 0.15) is 0 Å². The molecule has 2 aliphatic carbocycles. The zero-order valence-corrected chi connectivity index (χ0v) is 10.1. The molecule has 0 saturated heterocycles. The Morgan fingerprint density at radius 2 is 1.61 bits per heavy atom. The molecule has 0 heterocycles. The molecule has 0 amide bonds. The van der Waals surface area contributed by atoms with Crippen molar-refractivity contribution in [2.45, 2.75) is 12.3 Å². The van der Waals surface area contributed by atoms with Gasteiger partial charge in [-0.25, -0.2) is 0 Å². The summed E-state index contributed by atoms with van der Waals surface area (Å²) in [7, 11) is 0. The third kappa shape index (κ3) is 1.32. The van der Waals surface area contributed by atoms with Crippen LogP contribution >= 0.6 is 0 Å². The Bertz CT molecular complexity index is 659. The molecule has 0 aliphatic heterocycles. The van der Waals surface area contributed by atoms with Crippen molar-refractivity contribution in [1.29, 1.82) is 0 Å². The second-order valence-electron chi connectivity index (χ2n) is 5.00. The van der Waals surface area contributed by atoms with Crippen LogP contribution in [0.15, 0.2) is 66.7 Å². The van der Waals surface area contributed by atoms with E-state index in [1.807, 2.05) is 0 Å². The van der Waals surface area contributed by atoms with Crippen LogP contribution in [-0.4, -0.2) is 0 Å². The Balaban J connectivity index is 1.77. The van der Waals surface area contributed by atoms with Gasteiger partial charge in [0, 0.05) is 5.92 Å². The van der Waals surface area contributed by atoms with Crippen molar-refractivity contribution in [3.05, 3.63) is 83.4 Å². The third-order valence-corrected chi connectivity index (χ3v) is 4.01. The SMILES string of the molecule is C1=C(c2ccccc2)C=C2c3ccccc3C2C1. The maximum atomic E-state index is 2.37. The molecule has 86 valence electrons. The molecule has 1 atom stereocenters. The molecule has 0 radical (unpaired) electrons. The highest BCUT2D eigenvalue weighted by molar-refractivity contribution is 5.94. The van der Waals surface area contributed by atoms with Gasteiger partial charge in [0.25, 0.3) is 0 Å². The topological polar surface area (TPSA) is 0 Å². The number of rotatable bonds is 1. The Hall–Kier alpha value is -2.08. The maximum absolute atomic E-state index is 2.37. The summed E-state index contributed by atoms with van der Waals surface area (Å²) in [6, 6.07) is 19.4. The minimum absolute atomic E-state index is 0.647. The van der Waals surface area contributed by atoms with Crippen LogP contribution < -0.4 is 0 Å². The normalized spacial score (nSPS) is 20.1. The Morgan fingerprint density at radius 1 is 0.833 bits per heavy atom. The number of allylic oxidation sites excluding steroid dienone is 4. The van der Waals surface area contributed by atoms with Gasteiger partial charge in [-0.2, -0.15) is 0 Å². The van der Waals surface area contributed by atoms with E-state index in [4.69, 9.17) is 0 Å². The lowest BCUT2D eigenvalue weighted by Crippen LogP contribution is -2.17. The van der Waals surface area contributed by atoms with Crippen LogP contribution in [0, 0.1) is 0 Å². The minimum Gasteiger partial charge on any atom is -0.0757 e. The molecule has 0 N–H and O–H groups in total. The van der Waals surface area contributed by atoms with E-state index in [1.54, 1.807) is 0 Å². The molecule has 0 bridgehead atoms. The number of hydrogen-bond acceptors (Lipinski definition) is 0. The maximum Gasteiger partial charge on any atom is 0.0136 e. The molecule has 0 spiro atoms. The van der Waals surface area contributed by atoms with E-state index >= 15 is 0 Å². The average molecular weight is 230 g/mol. The number of fused-ring (bicyclic) bond motifs is 4. The van der Waals surface area contributed by atoms with E-state index in [0.717, 1.165) is 6.42 Å². The Morgan fingerprint density at radius 3 is 2.50 bits per heavy atom. The fourth-order valence-corrected chi connectivity index (χ4v) is 3.08. The van der Waals surface area contributed by atoms with Gasteiger partial charge in [0.2, 0.25) is 0 Å². The molecular formula is C18H14. The predicted molar refractivity (Wildman–Crippen MR) is 76.2 cm³/mol. The molecular weight excluding hydrogens is 216 g/mol. The van der Waals surface area contributed by atoms with Crippen molar-refractivity contribution in [3.8, 4) is 0 Å². The summed E-state index contributed by atoms with van der Waals surface area (Å²) in [5, 5.41) is 0. The highest BCUT2D eigenvalue weighted by atomic mass is 14.4. The zero-order valence-electron chi connectivity index (χ0n) is 10.1. The second-order valence-corrected chi connectivity index (χ2v) is 5.00. The average Bonchev–Trinajstić information content (AvgIpc) is 2.45. The van der Waals surface area contributed by atoms with Gasteiger partial charge < -0.3 is 0 Å². The van der Waals surface area contributed by atoms with Crippen LogP contribution in [0.3, 0.4) is 0 Å². The van der Waals surface area contributed by atoms with Crippen molar-refractivity contribution in [2.75, 3.05) is 0 Å². The molecule has 4 rings (SSSR count). The summed E-state index contributed by atoms with van der Waals surface area (Å²) in [5.41, 5.74) is 7.19. The largest absolute Gasteiger partial charge is 0.0757 e. The molecule has 0 fully saturated rings. The monoisotopic (exact) mass is 230 g/mol. The summed E-state index contributed by atoms with van der Waals surface area (Å²) in [5.74, 6) is 0.647. The van der Waals surface area contributed by atoms with Crippen molar-refractivity contribution < 1.29 is 0 Å². The number of hydrogen-bond donors (Lipinski definition) is 0. The fourth-order valence-electron chi connectivity index (χ4n) is 3.08. The highest BCUT2D eigenvalue weighted by Crippen LogP contribution is 2.51.